The largest absolute Gasteiger partial charge is 0.497 e. The van der Waals surface area contributed by atoms with Crippen molar-refractivity contribution < 1.29 is 18.4 Å². The van der Waals surface area contributed by atoms with E-state index < -0.39 is 0 Å². The van der Waals surface area contributed by atoms with Crippen molar-refractivity contribution in [3.8, 4) is 5.75 Å². The van der Waals surface area contributed by atoms with Crippen LogP contribution in [0.15, 0.2) is 47.0 Å². The Morgan fingerprint density at radius 3 is 2.76 bits per heavy atom. The normalized spacial score (nSPS) is 16.4. The number of amides is 1. The molecule has 1 saturated heterocycles. The molecule has 1 aromatic heterocycles. The molecule has 0 N–H and O–H groups in total. The Hall–Kier alpha value is -3.22. The van der Waals surface area contributed by atoms with Crippen LogP contribution in [0.2, 0.25) is 0 Å². The molecule has 1 fully saturated rings. The second-order valence-electron chi connectivity index (χ2n) is 7.18. The van der Waals surface area contributed by atoms with Crippen LogP contribution in [0.4, 0.5) is 10.1 Å². The Balaban J connectivity index is 1.41. The fraction of sp³-hybridized carbons (Fsp3) is 0.318. The predicted molar refractivity (Wildman–Crippen MR) is 106 cm³/mol. The van der Waals surface area contributed by atoms with Crippen LogP contribution in [0.5, 0.6) is 5.75 Å². The van der Waals surface area contributed by atoms with E-state index in [1.54, 1.807) is 31.1 Å². The van der Waals surface area contributed by atoms with E-state index in [1.165, 1.54) is 6.07 Å². The third-order valence-corrected chi connectivity index (χ3v) is 5.29. The summed E-state index contributed by atoms with van der Waals surface area (Å²) in [6.07, 6.45) is 1.67. The van der Waals surface area contributed by atoms with E-state index in [4.69, 9.17) is 9.26 Å². The van der Waals surface area contributed by atoms with Gasteiger partial charge in [-0.2, -0.15) is 4.98 Å². The van der Waals surface area contributed by atoms with Gasteiger partial charge in [0.2, 0.25) is 11.8 Å². The van der Waals surface area contributed by atoms with Gasteiger partial charge in [-0.05, 0) is 43.2 Å². The third kappa shape index (κ3) is 3.99. The molecule has 29 heavy (non-hydrogen) atoms. The van der Waals surface area contributed by atoms with E-state index in [2.05, 4.69) is 10.1 Å². The highest BCUT2D eigenvalue weighted by atomic mass is 19.1. The van der Waals surface area contributed by atoms with Crippen LogP contribution in [0.1, 0.15) is 35.2 Å². The highest BCUT2D eigenvalue weighted by Gasteiger charge is 2.35. The summed E-state index contributed by atoms with van der Waals surface area (Å²) in [5.41, 5.74) is 2.21. The molecular formula is C22H22FN3O3. The molecule has 1 amide bonds. The molecule has 3 aromatic rings. The summed E-state index contributed by atoms with van der Waals surface area (Å²) in [6.45, 7) is 2.09. The lowest BCUT2D eigenvalue weighted by molar-refractivity contribution is -0.117. The zero-order chi connectivity index (χ0) is 20.4. The van der Waals surface area contributed by atoms with Crippen LogP contribution in [-0.4, -0.2) is 29.7 Å². The second kappa shape index (κ2) is 8.03. The lowest BCUT2D eigenvalue weighted by Crippen LogP contribution is -2.25. The van der Waals surface area contributed by atoms with Crippen LogP contribution in [0.25, 0.3) is 0 Å². The number of hydrogen-bond donors (Lipinski definition) is 0. The number of benzene rings is 2. The molecule has 0 spiro atoms. The van der Waals surface area contributed by atoms with Crippen molar-refractivity contribution in [3.05, 3.63) is 71.1 Å². The van der Waals surface area contributed by atoms with Crippen molar-refractivity contribution in [1.29, 1.82) is 0 Å². The van der Waals surface area contributed by atoms with Gasteiger partial charge < -0.3 is 14.2 Å². The summed E-state index contributed by atoms with van der Waals surface area (Å²) in [6, 6.07) is 12.6. The highest BCUT2D eigenvalue weighted by molar-refractivity contribution is 5.97. The Morgan fingerprint density at radius 2 is 2.00 bits per heavy atom. The molecule has 0 saturated carbocycles. The fourth-order valence-corrected chi connectivity index (χ4v) is 3.58. The smallest absolute Gasteiger partial charge is 0.227 e. The molecular weight excluding hydrogens is 373 g/mol. The van der Waals surface area contributed by atoms with Crippen molar-refractivity contribution in [2.75, 3.05) is 18.6 Å². The van der Waals surface area contributed by atoms with E-state index in [9.17, 15) is 9.18 Å². The SMILES string of the molecule is COc1ccc(CCc2nc(C3CC(=O)N(c4cccc(F)c4C)C3)no2)cc1. The Kier molecular flexibility index (Phi) is 5.29. The molecule has 1 aliphatic heterocycles. The average molecular weight is 395 g/mol. The number of halogens is 1. The maximum atomic E-state index is 13.9. The van der Waals surface area contributed by atoms with Crippen molar-refractivity contribution >= 4 is 11.6 Å². The number of anilines is 1. The first-order valence-corrected chi connectivity index (χ1v) is 9.56. The number of carbonyl (C=O) groups excluding carboxylic acids is 1. The summed E-state index contributed by atoms with van der Waals surface area (Å²) in [5, 5.41) is 4.08. The van der Waals surface area contributed by atoms with Crippen molar-refractivity contribution in [2.24, 2.45) is 0 Å². The van der Waals surface area contributed by atoms with Gasteiger partial charge in [0.15, 0.2) is 5.82 Å². The Labute approximate surface area is 168 Å². The minimum Gasteiger partial charge on any atom is -0.497 e. The Morgan fingerprint density at radius 1 is 1.21 bits per heavy atom. The van der Waals surface area contributed by atoms with E-state index in [0.717, 1.165) is 17.7 Å². The third-order valence-electron chi connectivity index (χ3n) is 5.29. The molecule has 6 nitrogen and oxygen atoms in total. The van der Waals surface area contributed by atoms with Crippen molar-refractivity contribution in [3.63, 3.8) is 0 Å². The van der Waals surface area contributed by atoms with E-state index in [0.29, 0.717) is 35.9 Å². The number of aryl methyl sites for hydroxylation is 2. The quantitative estimate of drug-likeness (QED) is 0.635. The molecule has 0 bridgehead atoms. The first-order valence-electron chi connectivity index (χ1n) is 9.56. The summed E-state index contributed by atoms with van der Waals surface area (Å²) in [4.78, 5) is 18.6. The lowest BCUT2D eigenvalue weighted by Gasteiger charge is -2.18. The molecule has 2 heterocycles. The summed E-state index contributed by atoms with van der Waals surface area (Å²) in [5.74, 6) is 1.34. The fourth-order valence-electron chi connectivity index (χ4n) is 3.58. The van der Waals surface area contributed by atoms with Gasteiger partial charge in [0.1, 0.15) is 11.6 Å². The van der Waals surface area contributed by atoms with Gasteiger partial charge in [0, 0.05) is 36.6 Å². The monoisotopic (exact) mass is 395 g/mol. The van der Waals surface area contributed by atoms with Gasteiger partial charge in [-0.1, -0.05) is 23.4 Å². The van der Waals surface area contributed by atoms with Gasteiger partial charge in [0.05, 0.1) is 7.11 Å². The number of hydrogen-bond acceptors (Lipinski definition) is 5. The molecule has 1 aliphatic rings. The molecule has 1 unspecified atom stereocenters. The first kappa shape index (κ1) is 19.1. The van der Waals surface area contributed by atoms with Gasteiger partial charge in [0.25, 0.3) is 0 Å². The summed E-state index contributed by atoms with van der Waals surface area (Å²) in [7, 11) is 1.64. The van der Waals surface area contributed by atoms with Gasteiger partial charge in [-0.3, -0.25) is 4.79 Å². The molecule has 7 heteroatoms. The highest BCUT2D eigenvalue weighted by Crippen LogP contribution is 2.33. The van der Waals surface area contributed by atoms with Crippen LogP contribution in [0.3, 0.4) is 0 Å². The zero-order valence-electron chi connectivity index (χ0n) is 16.4. The number of ether oxygens (including phenoxy) is 1. The minimum atomic E-state index is -0.320. The van der Waals surface area contributed by atoms with Crippen LogP contribution < -0.4 is 9.64 Å². The maximum Gasteiger partial charge on any atom is 0.227 e. The Bertz CT molecular complexity index is 1020. The number of aromatic nitrogens is 2. The molecule has 150 valence electrons. The maximum absolute atomic E-state index is 13.9. The van der Waals surface area contributed by atoms with Crippen LogP contribution in [-0.2, 0) is 17.6 Å². The second-order valence-corrected chi connectivity index (χ2v) is 7.18. The van der Waals surface area contributed by atoms with Gasteiger partial charge in [-0.15, -0.1) is 0 Å². The number of carbonyl (C=O) groups is 1. The zero-order valence-corrected chi connectivity index (χ0v) is 16.4. The molecule has 0 aliphatic carbocycles. The van der Waals surface area contributed by atoms with Crippen LogP contribution in [0, 0.1) is 12.7 Å². The molecule has 0 radical (unpaired) electrons. The van der Waals surface area contributed by atoms with Crippen LogP contribution >= 0.6 is 0 Å². The average Bonchev–Trinajstić information content (AvgIpc) is 3.35. The summed E-state index contributed by atoms with van der Waals surface area (Å²) < 4.78 is 24.4. The van der Waals surface area contributed by atoms with E-state index in [1.807, 2.05) is 24.3 Å². The summed E-state index contributed by atoms with van der Waals surface area (Å²) >= 11 is 0. The number of methoxy groups -OCH3 is 1. The standard InChI is InChI=1S/C22H22FN3O3/c1-14-18(23)4-3-5-19(14)26-13-16(12-21(26)27)22-24-20(29-25-22)11-8-15-6-9-17(28-2)10-7-15/h3-7,9-10,16H,8,11-13H2,1-2H3. The van der Waals surface area contributed by atoms with Crippen molar-refractivity contribution in [2.45, 2.75) is 32.1 Å². The van der Waals surface area contributed by atoms with Gasteiger partial charge in [-0.25, -0.2) is 4.39 Å². The van der Waals surface area contributed by atoms with Crippen molar-refractivity contribution in [1.82, 2.24) is 10.1 Å². The van der Waals surface area contributed by atoms with E-state index in [-0.39, 0.29) is 24.1 Å². The lowest BCUT2D eigenvalue weighted by atomic mass is 10.1. The topological polar surface area (TPSA) is 68.5 Å². The number of rotatable bonds is 6. The first-order chi connectivity index (χ1) is 14.0. The molecule has 2 aromatic carbocycles. The minimum absolute atomic E-state index is 0.0618. The van der Waals surface area contributed by atoms with E-state index >= 15 is 0 Å². The number of nitrogens with zero attached hydrogens (tertiary/aromatic N) is 3. The molecule has 1 atom stereocenters. The molecule has 4 rings (SSSR count). The van der Waals surface area contributed by atoms with Gasteiger partial charge >= 0.3 is 0 Å². The predicted octanol–water partition coefficient (Wildman–Crippen LogP) is 3.83.